The zero-order valence-electron chi connectivity index (χ0n) is 7.32. The van der Waals surface area contributed by atoms with Gasteiger partial charge in [0.15, 0.2) is 0 Å². The van der Waals surface area contributed by atoms with Crippen LogP contribution in [0.3, 0.4) is 0 Å². The lowest BCUT2D eigenvalue weighted by atomic mass is 10.0. The van der Waals surface area contributed by atoms with Crippen LogP contribution in [-0.4, -0.2) is 25.2 Å². The van der Waals surface area contributed by atoms with Gasteiger partial charge in [0.05, 0.1) is 0 Å². The molecule has 2 aliphatic rings. The van der Waals surface area contributed by atoms with Crippen LogP contribution in [0, 0.1) is 5.92 Å². The third kappa shape index (κ3) is 1.94. The van der Waals surface area contributed by atoms with E-state index in [-0.39, 0.29) is 0 Å². The minimum Gasteiger partial charge on any atom is -0.315 e. The van der Waals surface area contributed by atoms with Gasteiger partial charge in [-0.25, -0.2) is 0 Å². The van der Waals surface area contributed by atoms with Gasteiger partial charge < -0.3 is 10.6 Å². The Morgan fingerprint density at radius 1 is 1.55 bits per heavy atom. The van der Waals surface area contributed by atoms with Gasteiger partial charge in [-0.05, 0) is 45.2 Å². The maximum atomic E-state index is 3.66. The highest BCUT2D eigenvalue weighted by molar-refractivity contribution is 4.93. The Morgan fingerprint density at radius 3 is 2.91 bits per heavy atom. The first kappa shape index (κ1) is 7.56. The molecule has 2 N–H and O–H groups in total. The van der Waals surface area contributed by atoms with Gasteiger partial charge in [0.2, 0.25) is 0 Å². The van der Waals surface area contributed by atoms with Gasteiger partial charge in [0, 0.05) is 12.1 Å². The molecule has 2 heteroatoms. The van der Waals surface area contributed by atoms with Crippen molar-refractivity contribution in [1.29, 1.82) is 0 Å². The number of hydrogen-bond acceptors (Lipinski definition) is 2. The standard InChI is InChI=1S/C9H18N2/c1-9(4-5-10-7-9)11-6-8-2-3-8/h8,10-11H,2-7H2,1H3/t9-/m0/s1. The summed E-state index contributed by atoms with van der Waals surface area (Å²) in [6.07, 6.45) is 4.20. The van der Waals surface area contributed by atoms with Crippen molar-refractivity contribution in [3.63, 3.8) is 0 Å². The fourth-order valence-electron chi connectivity index (χ4n) is 1.68. The first-order valence-corrected chi connectivity index (χ1v) is 4.74. The van der Waals surface area contributed by atoms with E-state index in [9.17, 15) is 0 Å². The average Bonchev–Trinajstić information content (AvgIpc) is 2.73. The van der Waals surface area contributed by atoms with Crippen molar-refractivity contribution < 1.29 is 0 Å². The quantitative estimate of drug-likeness (QED) is 0.626. The molecule has 0 unspecified atom stereocenters. The van der Waals surface area contributed by atoms with Crippen molar-refractivity contribution >= 4 is 0 Å². The zero-order valence-corrected chi connectivity index (χ0v) is 7.32. The Labute approximate surface area is 68.7 Å². The van der Waals surface area contributed by atoms with Gasteiger partial charge in [-0.3, -0.25) is 0 Å². The highest BCUT2D eigenvalue weighted by Crippen LogP contribution is 2.28. The Hall–Kier alpha value is -0.0800. The lowest BCUT2D eigenvalue weighted by molar-refractivity contribution is 0.380. The predicted molar refractivity (Wildman–Crippen MR) is 46.6 cm³/mol. The smallest absolute Gasteiger partial charge is 0.0290 e. The normalized spacial score (nSPS) is 37.9. The summed E-state index contributed by atoms with van der Waals surface area (Å²) in [5.74, 6) is 1.01. The van der Waals surface area contributed by atoms with E-state index in [1.807, 2.05) is 0 Å². The molecule has 1 saturated carbocycles. The molecule has 2 nitrogen and oxygen atoms in total. The molecule has 0 aromatic heterocycles. The minimum absolute atomic E-state index is 0.405. The predicted octanol–water partition coefficient (Wildman–Crippen LogP) is 0.738. The molecule has 1 heterocycles. The SMILES string of the molecule is C[C@]1(NCC2CC2)CCNC1. The molecule has 1 aliphatic heterocycles. The molecule has 0 spiro atoms. The summed E-state index contributed by atoms with van der Waals surface area (Å²) < 4.78 is 0. The van der Waals surface area contributed by atoms with Crippen LogP contribution >= 0.6 is 0 Å². The van der Waals surface area contributed by atoms with Crippen LogP contribution in [0.2, 0.25) is 0 Å². The van der Waals surface area contributed by atoms with Crippen LogP contribution in [0.5, 0.6) is 0 Å². The second kappa shape index (κ2) is 2.76. The molecule has 0 amide bonds. The highest BCUT2D eigenvalue weighted by Gasteiger charge is 2.30. The molecule has 64 valence electrons. The maximum absolute atomic E-state index is 3.66. The molecular weight excluding hydrogens is 136 g/mol. The van der Waals surface area contributed by atoms with Gasteiger partial charge in [-0.2, -0.15) is 0 Å². The van der Waals surface area contributed by atoms with E-state index >= 15 is 0 Å². The third-order valence-electron chi connectivity index (χ3n) is 2.88. The van der Waals surface area contributed by atoms with Crippen LogP contribution in [0.1, 0.15) is 26.2 Å². The molecule has 0 aromatic rings. The van der Waals surface area contributed by atoms with Gasteiger partial charge >= 0.3 is 0 Å². The second-order valence-electron chi connectivity index (χ2n) is 4.31. The number of rotatable bonds is 3. The molecule has 2 rings (SSSR count). The van der Waals surface area contributed by atoms with E-state index in [0.29, 0.717) is 5.54 Å². The van der Waals surface area contributed by atoms with E-state index < -0.39 is 0 Å². The van der Waals surface area contributed by atoms with Gasteiger partial charge in [0.25, 0.3) is 0 Å². The second-order valence-corrected chi connectivity index (χ2v) is 4.31. The summed E-state index contributed by atoms with van der Waals surface area (Å²) >= 11 is 0. The summed E-state index contributed by atoms with van der Waals surface area (Å²) in [6, 6.07) is 0. The summed E-state index contributed by atoms with van der Waals surface area (Å²) in [5, 5.41) is 7.05. The first-order chi connectivity index (χ1) is 5.29. The maximum Gasteiger partial charge on any atom is 0.0290 e. The van der Waals surface area contributed by atoms with Gasteiger partial charge in [-0.15, -0.1) is 0 Å². The van der Waals surface area contributed by atoms with Crippen LogP contribution in [-0.2, 0) is 0 Å². The van der Waals surface area contributed by atoms with Crippen LogP contribution in [0.15, 0.2) is 0 Å². The molecule has 0 radical (unpaired) electrons. The Kier molecular flexibility index (Phi) is 1.90. The monoisotopic (exact) mass is 154 g/mol. The fourth-order valence-corrected chi connectivity index (χ4v) is 1.68. The molecular formula is C9H18N2. The summed E-state index contributed by atoms with van der Waals surface area (Å²) in [4.78, 5) is 0. The van der Waals surface area contributed by atoms with Crippen LogP contribution in [0.4, 0.5) is 0 Å². The Bertz CT molecular complexity index is 134. The summed E-state index contributed by atoms with van der Waals surface area (Å²) in [5.41, 5.74) is 0.405. The highest BCUT2D eigenvalue weighted by atomic mass is 15.1. The minimum atomic E-state index is 0.405. The number of hydrogen-bond donors (Lipinski definition) is 2. The summed E-state index contributed by atoms with van der Waals surface area (Å²) in [6.45, 7) is 5.92. The van der Waals surface area contributed by atoms with Crippen molar-refractivity contribution in [2.24, 2.45) is 5.92 Å². The molecule has 0 aromatic carbocycles. The lowest BCUT2D eigenvalue weighted by Crippen LogP contribution is -2.44. The third-order valence-corrected chi connectivity index (χ3v) is 2.88. The Balaban J connectivity index is 1.73. The first-order valence-electron chi connectivity index (χ1n) is 4.74. The molecule has 1 aliphatic carbocycles. The molecule has 1 atom stereocenters. The van der Waals surface area contributed by atoms with Crippen molar-refractivity contribution in [3.8, 4) is 0 Å². The molecule has 2 fully saturated rings. The van der Waals surface area contributed by atoms with Crippen LogP contribution < -0.4 is 10.6 Å². The lowest BCUT2D eigenvalue weighted by Gasteiger charge is -2.24. The largest absolute Gasteiger partial charge is 0.315 e. The van der Waals surface area contributed by atoms with Crippen molar-refractivity contribution in [1.82, 2.24) is 10.6 Å². The average molecular weight is 154 g/mol. The van der Waals surface area contributed by atoms with Crippen molar-refractivity contribution in [2.45, 2.75) is 31.7 Å². The zero-order chi connectivity index (χ0) is 7.73. The van der Waals surface area contributed by atoms with Crippen LogP contribution in [0.25, 0.3) is 0 Å². The van der Waals surface area contributed by atoms with E-state index in [1.165, 1.54) is 32.4 Å². The fraction of sp³-hybridized carbons (Fsp3) is 1.00. The molecule has 1 saturated heterocycles. The number of nitrogens with one attached hydrogen (secondary N) is 2. The van der Waals surface area contributed by atoms with Crippen molar-refractivity contribution in [2.75, 3.05) is 19.6 Å². The summed E-state index contributed by atoms with van der Waals surface area (Å²) in [7, 11) is 0. The van der Waals surface area contributed by atoms with Gasteiger partial charge in [0.1, 0.15) is 0 Å². The van der Waals surface area contributed by atoms with Gasteiger partial charge in [-0.1, -0.05) is 0 Å². The Morgan fingerprint density at radius 2 is 2.36 bits per heavy atom. The van der Waals surface area contributed by atoms with E-state index in [2.05, 4.69) is 17.6 Å². The topological polar surface area (TPSA) is 24.1 Å². The van der Waals surface area contributed by atoms with E-state index in [0.717, 1.165) is 12.5 Å². The van der Waals surface area contributed by atoms with Crippen molar-refractivity contribution in [3.05, 3.63) is 0 Å². The van der Waals surface area contributed by atoms with E-state index in [1.54, 1.807) is 0 Å². The molecule has 0 bridgehead atoms. The van der Waals surface area contributed by atoms with E-state index in [4.69, 9.17) is 0 Å². The molecule has 11 heavy (non-hydrogen) atoms.